The maximum Gasteiger partial charge on any atom is 0.0931 e. The molecular weight excluding hydrogens is 261 g/mol. The maximum absolute atomic E-state index is 5.94. The van der Waals surface area contributed by atoms with Crippen molar-refractivity contribution >= 4 is 40.2 Å². The molecule has 0 aliphatic carbocycles. The number of hydrogen-bond acceptors (Lipinski definition) is 2. The summed E-state index contributed by atoms with van der Waals surface area (Å²) in [5.74, 6) is 0. The third kappa shape index (κ3) is 2.91. The topological polar surface area (TPSA) is 12.0 Å². The van der Waals surface area contributed by atoms with Crippen molar-refractivity contribution < 1.29 is 0 Å². The highest BCUT2D eigenvalue weighted by Crippen LogP contribution is 2.24. The molecule has 0 aliphatic rings. The molecule has 0 fully saturated rings. The predicted molar refractivity (Wildman–Crippen MR) is 72.8 cm³/mol. The molecule has 2 rings (SSSR count). The van der Waals surface area contributed by atoms with Crippen LogP contribution in [0.3, 0.4) is 0 Å². The number of hydrogen-bond donors (Lipinski definition) is 1. The monoisotopic (exact) mass is 271 g/mol. The molecule has 0 radical (unpaired) electrons. The summed E-state index contributed by atoms with van der Waals surface area (Å²) in [6.45, 7) is 2.83. The van der Waals surface area contributed by atoms with E-state index in [9.17, 15) is 0 Å². The van der Waals surface area contributed by atoms with Crippen LogP contribution in [0.4, 0.5) is 5.69 Å². The number of aryl methyl sites for hydroxylation is 1. The SMILES string of the molecule is Cc1ccc(Cl)cc1NCc1ccc(Cl)s1. The summed E-state index contributed by atoms with van der Waals surface area (Å²) in [6.07, 6.45) is 0. The summed E-state index contributed by atoms with van der Waals surface area (Å²) >= 11 is 13.4. The third-order valence-corrected chi connectivity index (χ3v) is 3.75. The molecule has 1 nitrogen and oxygen atoms in total. The minimum absolute atomic E-state index is 0.748. The van der Waals surface area contributed by atoms with Crippen LogP contribution in [-0.2, 0) is 6.54 Å². The second kappa shape index (κ2) is 5.09. The fourth-order valence-electron chi connectivity index (χ4n) is 1.41. The number of rotatable bonds is 3. The number of halogens is 2. The Bertz CT molecular complexity index is 494. The van der Waals surface area contributed by atoms with Gasteiger partial charge in [0.05, 0.1) is 4.34 Å². The van der Waals surface area contributed by atoms with Crippen LogP contribution >= 0.6 is 34.5 Å². The molecule has 0 aliphatic heterocycles. The van der Waals surface area contributed by atoms with Crippen molar-refractivity contribution in [2.24, 2.45) is 0 Å². The molecule has 1 aromatic heterocycles. The number of thiophene rings is 1. The van der Waals surface area contributed by atoms with Gasteiger partial charge in [0.25, 0.3) is 0 Å². The van der Waals surface area contributed by atoms with Gasteiger partial charge in [-0.2, -0.15) is 0 Å². The smallest absolute Gasteiger partial charge is 0.0931 e. The van der Waals surface area contributed by atoms with E-state index in [0.29, 0.717) is 0 Å². The first-order valence-electron chi connectivity index (χ1n) is 4.89. The molecule has 2 aromatic rings. The molecule has 0 bridgehead atoms. The van der Waals surface area contributed by atoms with E-state index < -0.39 is 0 Å². The molecule has 16 heavy (non-hydrogen) atoms. The highest BCUT2D eigenvalue weighted by atomic mass is 35.5. The van der Waals surface area contributed by atoms with Crippen molar-refractivity contribution in [1.29, 1.82) is 0 Å². The van der Waals surface area contributed by atoms with Crippen molar-refractivity contribution in [3.05, 3.63) is 50.1 Å². The lowest BCUT2D eigenvalue weighted by Gasteiger charge is -2.08. The molecule has 1 N–H and O–H groups in total. The summed E-state index contributed by atoms with van der Waals surface area (Å²) in [6, 6.07) is 9.77. The van der Waals surface area contributed by atoms with E-state index in [4.69, 9.17) is 23.2 Å². The zero-order valence-corrected chi connectivity index (χ0v) is 11.1. The Balaban J connectivity index is 2.07. The van der Waals surface area contributed by atoms with Crippen LogP contribution in [0.5, 0.6) is 0 Å². The lowest BCUT2D eigenvalue weighted by molar-refractivity contribution is 1.18. The molecule has 1 aromatic carbocycles. The van der Waals surface area contributed by atoms with Gasteiger partial charge in [-0.25, -0.2) is 0 Å². The predicted octanol–water partition coefficient (Wildman–Crippen LogP) is 4.98. The molecule has 0 saturated heterocycles. The van der Waals surface area contributed by atoms with Gasteiger partial charge in [0.1, 0.15) is 0 Å². The van der Waals surface area contributed by atoms with Crippen LogP contribution in [0, 0.1) is 6.92 Å². The second-order valence-electron chi connectivity index (χ2n) is 3.52. The second-order valence-corrected chi connectivity index (χ2v) is 5.75. The van der Waals surface area contributed by atoms with Crippen molar-refractivity contribution in [2.45, 2.75) is 13.5 Å². The Labute approximate surface area is 109 Å². The molecule has 0 atom stereocenters. The zero-order valence-electron chi connectivity index (χ0n) is 8.76. The van der Waals surface area contributed by atoms with Gasteiger partial charge < -0.3 is 5.32 Å². The summed E-state index contributed by atoms with van der Waals surface area (Å²) in [5.41, 5.74) is 2.25. The molecule has 4 heteroatoms. The van der Waals surface area contributed by atoms with E-state index in [0.717, 1.165) is 21.6 Å². The normalized spacial score (nSPS) is 10.4. The largest absolute Gasteiger partial charge is 0.380 e. The van der Waals surface area contributed by atoms with E-state index in [1.807, 2.05) is 30.3 Å². The Hall–Kier alpha value is -0.700. The number of nitrogens with one attached hydrogen (secondary N) is 1. The molecule has 84 valence electrons. The van der Waals surface area contributed by atoms with Crippen molar-refractivity contribution in [1.82, 2.24) is 0 Å². The van der Waals surface area contributed by atoms with Gasteiger partial charge in [-0.3, -0.25) is 0 Å². The van der Waals surface area contributed by atoms with Gasteiger partial charge >= 0.3 is 0 Å². The van der Waals surface area contributed by atoms with Gasteiger partial charge in [0.2, 0.25) is 0 Å². The van der Waals surface area contributed by atoms with Crippen LogP contribution in [0.2, 0.25) is 9.36 Å². The minimum Gasteiger partial charge on any atom is -0.380 e. The van der Waals surface area contributed by atoms with Gasteiger partial charge in [0.15, 0.2) is 0 Å². The molecule has 1 heterocycles. The van der Waals surface area contributed by atoms with Crippen LogP contribution < -0.4 is 5.32 Å². The third-order valence-electron chi connectivity index (χ3n) is 2.28. The van der Waals surface area contributed by atoms with Crippen LogP contribution in [0.1, 0.15) is 10.4 Å². The average molecular weight is 272 g/mol. The van der Waals surface area contributed by atoms with Crippen molar-refractivity contribution in [2.75, 3.05) is 5.32 Å². The van der Waals surface area contributed by atoms with Gasteiger partial charge in [0, 0.05) is 22.1 Å². The molecule has 0 amide bonds. The van der Waals surface area contributed by atoms with E-state index in [1.165, 1.54) is 10.4 Å². The summed E-state index contributed by atoms with van der Waals surface area (Å²) in [5, 5.41) is 4.10. The first-order chi connectivity index (χ1) is 7.65. The minimum atomic E-state index is 0.748. The van der Waals surface area contributed by atoms with Gasteiger partial charge in [-0.15, -0.1) is 11.3 Å². The van der Waals surface area contributed by atoms with Crippen LogP contribution in [-0.4, -0.2) is 0 Å². The lowest BCUT2D eigenvalue weighted by atomic mass is 10.2. The summed E-state index contributed by atoms with van der Waals surface area (Å²) in [7, 11) is 0. The van der Waals surface area contributed by atoms with E-state index >= 15 is 0 Å². The van der Waals surface area contributed by atoms with E-state index in [2.05, 4.69) is 12.2 Å². The van der Waals surface area contributed by atoms with Crippen LogP contribution in [0.15, 0.2) is 30.3 Å². The summed E-state index contributed by atoms with van der Waals surface area (Å²) < 4.78 is 0.819. The molecule has 0 saturated carbocycles. The summed E-state index contributed by atoms with van der Waals surface area (Å²) in [4.78, 5) is 1.21. The number of anilines is 1. The molecule has 0 spiro atoms. The van der Waals surface area contributed by atoms with Gasteiger partial charge in [-0.1, -0.05) is 29.3 Å². The van der Waals surface area contributed by atoms with Crippen LogP contribution in [0.25, 0.3) is 0 Å². The maximum atomic E-state index is 5.94. The Morgan fingerprint density at radius 3 is 2.69 bits per heavy atom. The van der Waals surface area contributed by atoms with E-state index in [1.54, 1.807) is 11.3 Å². The molecule has 0 unspecified atom stereocenters. The first-order valence-corrected chi connectivity index (χ1v) is 6.46. The average Bonchev–Trinajstić information content (AvgIpc) is 2.66. The highest BCUT2D eigenvalue weighted by molar-refractivity contribution is 7.16. The fourth-order valence-corrected chi connectivity index (χ4v) is 2.61. The molecular formula is C12H11Cl2NS. The van der Waals surface area contributed by atoms with Crippen molar-refractivity contribution in [3.63, 3.8) is 0 Å². The van der Waals surface area contributed by atoms with E-state index in [-0.39, 0.29) is 0 Å². The van der Waals surface area contributed by atoms with Crippen molar-refractivity contribution in [3.8, 4) is 0 Å². The Morgan fingerprint density at radius 1 is 1.19 bits per heavy atom. The lowest BCUT2D eigenvalue weighted by Crippen LogP contribution is -1.99. The Kier molecular flexibility index (Phi) is 3.74. The quantitative estimate of drug-likeness (QED) is 0.831. The standard InChI is InChI=1S/C12H11Cl2NS/c1-8-2-3-9(13)6-11(8)15-7-10-4-5-12(14)16-10/h2-6,15H,7H2,1H3. The highest BCUT2D eigenvalue weighted by Gasteiger charge is 2.01. The first kappa shape index (κ1) is 11.8. The fraction of sp³-hybridized carbons (Fsp3) is 0.167. The number of benzene rings is 1. The Morgan fingerprint density at radius 2 is 2.00 bits per heavy atom. The van der Waals surface area contributed by atoms with Gasteiger partial charge in [-0.05, 0) is 36.8 Å². The zero-order chi connectivity index (χ0) is 11.5.